The van der Waals surface area contributed by atoms with E-state index in [9.17, 15) is 14.0 Å². The van der Waals surface area contributed by atoms with Gasteiger partial charge in [0.15, 0.2) is 0 Å². The van der Waals surface area contributed by atoms with Gasteiger partial charge in [0.2, 0.25) is 5.78 Å². The molecule has 3 atom stereocenters. The van der Waals surface area contributed by atoms with Gasteiger partial charge in [0, 0.05) is 36.1 Å². The molecular formula is C25H22ClFN2O2. The molecule has 2 heterocycles. The van der Waals surface area contributed by atoms with Crippen molar-refractivity contribution in [3.05, 3.63) is 76.7 Å². The van der Waals surface area contributed by atoms with E-state index in [1.54, 1.807) is 47.5 Å². The summed E-state index contributed by atoms with van der Waals surface area (Å²) in [5.74, 6) is 0.0372. The second-order valence-electron chi connectivity index (χ2n) is 8.69. The summed E-state index contributed by atoms with van der Waals surface area (Å²) in [6, 6.07) is 13.7. The standard InChI is InChI=1S/C25H22ClFN2O2/c26-19-3-1-15(2-4-19)9-24(30)25(31)29-13-17-10-16(11-18(17)14-29)21-7-8-28-23-6-5-20(27)12-22(21)23/h1-8,12,16-18H,9-11,13-14H2/t16?,17-,18+. The summed E-state index contributed by atoms with van der Waals surface area (Å²) in [6.07, 6.45) is 3.76. The van der Waals surface area contributed by atoms with Crippen molar-refractivity contribution in [1.82, 2.24) is 9.88 Å². The lowest BCUT2D eigenvalue weighted by Gasteiger charge is -2.19. The van der Waals surface area contributed by atoms with Crippen LogP contribution >= 0.6 is 11.6 Å². The van der Waals surface area contributed by atoms with Crippen LogP contribution in [0.1, 0.15) is 29.9 Å². The number of benzene rings is 2. The topological polar surface area (TPSA) is 50.3 Å². The van der Waals surface area contributed by atoms with Gasteiger partial charge in [0.25, 0.3) is 5.91 Å². The Hall–Kier alpha value is -2.79. The first-order valence-corrected chi connectivity index (χ1v) is 11.0. The maximum absolute atomic E-state index is 13.8. The number of amides is 1. The molecule has 0 spiro atoms. The number of pyridine rings is 1. The number of rotatable bonds is 4. The molecule has 2 fully saturated rings. The molecule has 3 aromatic rings. The molecule has 2 aliphatic rings. The van der Waals surface area contributed by atoms with E-state index < -0.39 is 5.91 Å². The maximum Gasteiger partial charge on any atom is 0.290 e. The molecule has 1 aromatic heterocycles. The van der Waals surface area contributed by atoms with Crippen LogP contribution in [0.2, 0.25) is 5.02 Å². The lowest BCUT2D eigenvalue weighted by Crippen LogP contribution is -2.36. The van der Waals surface area contributed by atoms with Crippen LogP contribution in [0.25, 0.3) is 10.9 Å². The number of ketones is 1. The van der Waals surface area contributed by atoms with Crippen molar-refractivity contribution in [3.8, 4) is 0 Å². The van der Waals surface area contributed by atoms with Gasteiger partial charge in [-0.15, -0.1) is 0 Å². The molecule has 1 saturated carbocycles. The Bertz CT molecular complexity index is 1150. The molecule has 1 aliphatic carbocycles. The summed E-state index contributed by atoms with van der Waals surface area (Å²) < 4.78 is 13.8. The summed E-state index contributed by atoms with van der Waals surface area (Å²) in [5, 5.41) is 1.48. The molecule has 1 saturated heterocycles. The molecule has 0 N–H and O–H groups in total. The second kappa shape index (κ2) is 8.04. The first kappa shape index (κ1) is 20.1. The highest BCUT2D eigenvalue weighted by Crippen LogP contribution is 2.47. The number of Topliss-reactive ketones (excluding diaryl/α,β-unsaturated/α-hetero) is 1. The molecular weight excluding hydrogens is 415 g/mol. The predicted octanol–water partition coefficient (Wildman–Crippen LogP) is 4.79. The number of hydrogen-bond donors (Lipinski definition) is 0. The fourth-order valence-corrected chi connectivity index (χ4v) is 5.38. The maximum atomic E-state index is 13.8. The molecule has 1 aliphatic heterocycles. The zero-order valence-corrected chi connectivity index (χ0v) is 17.7. The van der Waals surface area contributed by atoms with Crippen molar-refractivity contribution in [3.63, 3.8) is 0 Å². The highest BCUT2D eigenvalue weighted by molar-refractivity contribution is 6.36. The van der Waals surface area contributed by atoms with E-state index in [0.717, 1.165) is 34.9 Å². The number of carbonyl (C=O) groups is 2. The smallest absolute Gasteiger partial charge is 0.290 e. The van der Waals surface area contributed by atoms with Crippen molar-refractivity contribution in [2.24, 2.45) is 11.8 Å². The van der Waals surface area contributed by atoms with E-state index in [-0.39, 0.29) is 18.0 Å². The largest absolute Gasteiger partial charge is 0.336 e. The number of fused-ring (bicyclic) bond motifs is 2. The van der Waals surface area contributed by atoms with E-state index in [1.165, 1.54) is 6.07 Å². The average molecular weight is 437 g/mol. The van der Waals surface area contributed by atoms with Gasteiger partial charge in [-0.25, -0.2) is 4.39 Å². The first-order valence-electron chi connectivity index (χ1n) is 10.6. The van der Waals surface area contributed by atoms with Gasteiger partial charge >= 0.3 is 0 Å². The Labute approximate surface area is 185 Å². The molecule has 31 heavy (non-hydrogen) atoms. The van der Waals surface area contributed by atoms with E-state index in [2.05, 4.69) is 4.98 Å². The van der Waals surface area contributed by atoms with Crippen LogP contribution in [0.3, 0.4) is 0 Å². The van der Waals surface area contributed by atoms with Crippen LogP contribution in [0.5, 0.6) is 0 Å². The fourth-order valence-electron chi connectivity index (χ4n) is 5.26. The third kappa shape index (κ3) is 3.94. The van der Waals surface area contributed by atoms with Gasteiger partial charge in [-0.1, -0.05) is 23.7 Å². The van der Waals surface area contributed by atoms with Crippen LogP contribution in [0.4, 0.5) is 4.39 Å². The fraction of sp³-hybridized carbons (Fsp3) is 0.320. The molecule has 6 heteroatoms. The molecule has 158 valence electrons. The van der Waals surface area contributed by atoms with Crippen LogP contribution < -0.4 is 0 Å². The van der Waals surface area contributed by atoms with Gasteiger partial charge in [-0.05, 0) is 78.1 Å². The van der Waals surface area contributed by atoms with E-state index >= 15 is 0 Å². The number of carbonyl (C=O) groups excluding carboxylic acids is 2. The van der Waals surface area contributed by atoms with Crippen molar-refractivity contribution >= 4 is 34.2 Å². The first-order chi connectivity index (χ1) is 15.0. The number of likely N-dealkylation sites (tertiary alicyclic amines) is 1. The van der Waals surface area contributed by atoms with Crippen LogP contribution in [0.15, 0.2) is 54.7 Å². The molecule has 1 unspecified atom stereocenters. The van der Waals surface area contributed by atoms with Crippen LogP contribution in [0, 0.1) is 17.7 Å². The number of nitrogens with zero attached hydrogens (tertiary/aromatic N) is 2. The van der Waals surface area contributed by atoms with Gasteiger partial charge in [0.1, 0.15) is 5.82 Å². The number of aromatic nitrogens is 1. The molecule has 5 rings (SSSR count). The van der Waals surface area contributed by atoms with Gasteiger partial charge in [-0.3, -0.25) is 14.6 Å². The molecule has 2 aromatic carbocycles. The summed E-state index contributed by atoms with van der Waals surface area (Å²) in [7, 11) is 0. The predicted molar refractivity (Wildman–Crippen MR) is 117 cm³/mol. The van der Waals surface area contributed by atoms with Crippen molar-refractivity contribution < 1.29 is 14.0 Å². The van der Waals surface area contributed by atoms with Crippen molar-refractivity contribution in [2.75, 3.05) is 13.1 Å². The average Bonchev–Trinajstić information content (AvgIpc) is 3.33. The second-order valence-corrected chi connectivity index (χ2v) is 9.12. The Morgan fingerprint density at radius 1 is 1.03 bits per heavy atom. The minimum Gasteiger partial charge on any atom is -0.336 e. The minimum absolute atomic E-state index is 0.0963. The Balaban J connectivity index is 1.25. The zero-order valence-electron chi connectivity index (χ0n) is 16.9. The third-order valence-electron chi connectivity index (χ3n) is 6.73. The lowest BCUT2D eigenvalue weighted by atomic mass is 9.93. The van der Waals surface area contributed by atoms with Gasteiger partial charge in [0.05, 0.1) is 5.52 Å². The van der Waals surface area contributed by atoms with Crippen molar-refractivity contribution in [2.45, 2.75) is 25.2 Å². The van der Waals surface area contributed by atoms with E-state index in [4.69, 9.17) is 11.6 Å². The monoisotopic (exact) mass is 436 g/mol. The molecule has 4 nitrogen and oxygen atoms in total. The van der Waals surface area contributed by atoms with Crippen LogP contribution in [-0.4, -0.2) is 34.7 Å². The molecule has 0 radical (unpaired) electrons. The quantitative estimate of drug-likeness (QED) is 0.552. The van der Waals surface area contributed by atoms with E-state index in [0.29, 0.717) is 35.9 Å². The Kier molecular flexibility index (Phi) is 5.22. The summed E-state index contributed by atoms with van der Waals surface area (Å²) >= 11 is 5.88. The van der Waals surface area contributed by atoms with Crippen molar-refractivity contribution in [1.29, 1.82) is 0 Å². The van der Waals surface area contributed by atoms with Crippen LogP contribution in [-0.2, 0) is 16.0 Å². The normalized spacial score (nSPS) is 22.6. The third-order valence-corrected chi connectivity index (χ3v) is 6.98. The molecule has 1 amide bonds. The highest BCUT2D eigenvalue weighted by atomic mass is 35.5. The summed E-state index contributed by atoms with van der Waals surface area (Å²) in [5.41, 5.74) is 2.73. The Morgan fingerprint density at radius 3 is 2.45 bits per heavy atom. The lowest BCUT2D eigenvalue weighted by molar-refractivity contribution is -0.143. The van der Waals surface area contributed by atoms with Gasteiger partial charge < -0.3 is 4.90 Å². The number of hydrogen-bond acceptors (Lipinski definition) is 3. The Morgan fingerprint density at radius 2 is 1.74 bits per heavy atom. The minimum atomic E-state index is -0.391. The SMILES string of the molecule is O=C(Cc1ccc(Cl)cc1)C(=O)N1C[C@H]2CC(c3ccnc4ccc(F)cc34)C[C@H]2C1. The van der Waals surface area contributed by atoms with Gasteiger partial charge in [-0.2, -0.15) is 0 Å². The molecule has 0 bridgehead atoms. The summed E-state index contributed by atoms with van der Waals surface area (Å²) in [6.45, 7) is 1.23. The summed E-state index contributed by atoms with van der Waals surface area (Å²) in [4.78, 5) is 31.3. The number of halogens is 2. The van der Waals surface area contributed by atoms with E-state index in [1.807, 2.05) is 6.07 Å². The highest BCUT2D eigenvalue weighted by Gasteiger charge is 2.43. The zero-order chi connectivity index (χ0) is 21.5.